The molecule has 3 aromatic rings. The largest absolute Gasteiger partial charge is 0.495 e. The number of aromatic nitrogens is 3. The lowest BCUT2D eigenvalue weighted by atomic mass is 10.3. The van der Waals surface area contributed by atoms with E-state index in [2.05, 4.69) is 15.5 Å². The van der Waals surface area contributed by atoms with Crippen molar-refractivity contribution in [1.82, 2.24) is 19.9 Å². The van der Waals surface area contributed by atoms with Crippen molar-refractivity contribution in [2.75, 3.05) is 25.5 Å². The van der Waals surface area contributed by atoms with Crippen LogP contribution < -0.4 is 10.1 Å². The summed E-state index contributed by atoms with van der Waals surface area (Å²) in [7, 11) is 1.54. The summed E-state index contributed by atoms with van der Waals surface area (Å²) in [5, 5.41) is 11.2. The third-order valence-electron chi connectivity index (χ3n) is 4.19. The van der Waals surface area contributed by atoms with Crippen LogP contribution in [-0.2, 0) is 4.79 Å². The molecule has 0 atom stereocenters. The van der Waals surface area contributed by atoms with E-state index >= 15 is 0 Å². The Labute approximate surface area is 169 Å². The summed E-state index contributed by atoms with van der Waals surface area (Å²) in [6.07, 6.45) is 2.12. The number of hydrogen-bond acceptors (Lipinski definition) is 5. The van der Waals surface area contributed by atoms with Gasteiger partial charge < -0.3 is 15.0 Å². The van der Waals surface area contributed by atoms with Crippen LogP contribution in [0.1, 0.15) is 23.8 Å². The molecule has 2 aromatic carbocycles. The van der Waals surface area contributed by atoms with E-state index in [4.69, 9.17) is 4.74 Å². The van der Waals surface area contributed by atoms with Gasteiger partial charge in [-0.3, -0.25) is 9.59 Å². The highest BCUT2D eigenvalue weighted by atomic mass is 16.5. The molecule has 0 aliphatic carbocycles. The number of carbonyl (C=O) groups is 2. The molecule has 0 radical (unpaired) electrons. The van der Waals surface area contributed by atoms with E-state index in [1.165, 1.54) is 23.0 Å². The lowest BCUT2D eigenvalue weighted by Gasteiger charge is -2.20. The molecule has 29 heavy (non-hydrogen) atoms. The van der Waals surface area contributed by atoms with Gasteiger partial charge in [-0.05, 0) is 30.7 Å². The fraction of sp³-hybridized carbons (Fsp3) is 0.238. The monoisotopic (exact) mass is 393 g/mol. The van der Waals surface area contributed by atoms with Crippen molar-refractivity contribution in [3.63, 3.8) is 0 Å². The van der Waals surface area contributed by atoms with Gasteiger partial charge in [-0.25, -0.2) is 0 Å². The highest BCUT2D eigenvalue weighted by Gasteiger charge is 2.21. The Morgan fingerprint density at radius 2 is 1.83 bits per heavy atom. The summed E-state index contributed by atoms with van der Waals surface area (Å²) in [4.78, 5) is 28.3. The molecule has 0 unspecified atom stereocenters. The van der Waals surface area contributed by atoms with Crippen molar-refractivity contribution < 1.29 is 14.3 Å². The van der Waals surface area contributed by atoms with E-state index in [0.717, 1.165) is 5.69 Å². The second-order valence-corrected chi connectivity index (χ2v) is 6.33. The molecule has 0 spiro atoms. The van der Waals surface area contributed by atoms with Crippen molar-refractivity contribution in [3.8, 4) is 11.4 Å². The summed E-state index contributed by atoms with van der Waals surface area (Å²) < 4.78 is 5.24. The lowest BCUT2D eigenvalue weighted by molar-refractivity contribution is -0.116. The van der Waals surface area contributed by atoms with Crippen molar-refractivity contribution in [2.45, 2.75) is 13.3 Å². The van der Waals surface area contributed by atoms with Crippen LogP contribution in [-0.4, -0.2) is 51.9 Å². The second kappa shape index (κ2) is 9.50. The molecule has 0 bridgehead atoms. The Bertz CT molecular complexity index is 971. The number of anilines is 1. The molecule has 0 aliphatic heterocycles. The first kappa shape index (κ1) is 20.1. The van der Waals surface area contributed by atoms with Gasteiger partial charge in [-0.15, -0.1) is 5.10 Å². The molecule has 8 heteroatoms. The Kier molecular flexibility index (Phi) is 6.57. The number of hydrogen-bond donors (Lipinski definition) is 1. The number of benzene rings is 2. The topological polar surface area (TPSA) is 89.4 Å². The van der Waals surface area contributed by atoms with Gasteiger partial charge in [0.1, 0.15) is 12.3 Å². The van der Waals surface area contributed by atoms with Crippen molar-refractivity contribution in [2.24, 2.45) is 0 Å². The fourth-order valence-corrected chi connectivity index (χ4v) is 2.84. The third kappa shape index (κ3) is 4.98. The number of amides is 2. The minimum atomic E-state index is -0.343. The van der Waals surface area contributed by atoms with E-state index in [-0.39, 0.29) is 24.1 Å². The van der Waals surface area contributed by atoms with Gasteiger partial charge in [0.15, 0.2) is 5.69 Å². The number of carbonyl (C=O) groups excluding carboxylic acids is 2. The van der Waals surface area contributed by atoms with Crippen LogP contribution >= 0.6 is 0 Å². The van der Waals surface area contributed by atoms with E-state index in [1.807, 2.05) is 43.3 Å². The van der Waals surface area contributed by atoms with Crippen LogP contribution in [0.3, 0.4) is 0 Å². The van der Waals surface area contributed by atoms with Gasteiger partial charge in [0.2, 0.25) is 5.91 Å². The van der Waals surface area contributed by atoms with E-state index in [9.17, 15) is 9.59 Å². The standard InChI is InChI=1S/C21H23N5O3/c1-3-13-25(15-20(27)23-17-11-7-8-12-19(17)29-2)21(28)18-14-22-26(24-18)16-9-5-4-6-10-16/h4-12,14H,3,13,15H2,1-2H3,(H,23,27). The second-order valence-electron chi connectivity index (χ2n) is 6.33. The van der Waals surface area contributed by atoms with Crippen LogP contribution in [0, 0.1) is 0 Å². The zero-order valence-electron chi connectivity index (χ0n) is 16.4. The van der Waals surface area contributed by atoms with E-state index in [1.54, 1.807) is 18.2 Å². The number of nitrogens with zero attached hydrogens (tertiary/aromatic N) is 4. The van der Waals surface area contributed by atoms with Crippen LogP contribution in [0.2, 0.25) is 0 Å². The average molecular weight is 393 g/mol. The quantitative estimate of drug-likeness (QED) is 0.636. The summed E-state index contributed by atoms with van der Waals surface area (Å²) in [6.45, 7) is 2.28. The molecule has 8 nitrogen and oxygen atoms in total. The Morgan fingerprint density at radius 1 is 1.10 bits per heavy atom. The highest BCUT2D eigenvalue weighted by Crippen LogP contribution is 2.22. The number of nitrogens with one attached hydrogen (secondary N) is 1. The fourth-order valence-electron chi connectivity index (χ4n) is 2.84. The van der Waals surface area contributed by atoms with E-state index in [0.29, 0.717) is 24.4 Å². The Balaban J connectivity index is 1.71. The predicted octanol–water partition coefficient (Wildman–Crippen LogP) is 2.77. The summed E-state index contributed by atoms with van der Waals surface area (Å²) >= 11 is 0. The molecule has 0 aliphatic rings. The smallest absolute Gasteiger partial charge is 0.276 e. The number of para-hydroxylation sites is 3. The first-order valence-corrected chi connectivity index (χ1v) is 9.32. The number of rotatable bonds is 8. The maximum atomic E-state index is 12.9. The van der Waals surface area contributed by atoms with Crippen LogP contribution in [0.25, 0.3) is 5.69 Å². The maximum absolute atomic E-state index is 12.9. The summed E-state index contributed by atoms with van der Waals surface area (Å²) in [6, 6.07) is 16.4. The number of ether oxygens (including phenoxy) is 1. The molecule has 0 fully saturated rings. The van der Waals surface area contributed by atoms with Crippen molar-refractivity contribution in [3.05, 3.63) is 66.5 Å². The van der Waals surface area contributed by atoms with Crippen molar-refractivity contribution >= 4 is 17.5 Å². The Morgan fingerprint density at radius 3 is 2.55 bits per heavy atom. The highest BCUT2D eigenvalue weighted by molar-refractivity contribution is 5.98. The summed E-state index contributed by atoms with van der Waals surface area (Å²) in [5.74, 6) is -0.101. The first-order chi connectivity index (χ1) is 14.1. The molecule has 1 aromatic heterocycles. The van der Waals surface area contributed by atoms with Crippen LogP contribution in [0.5, 0.6) is 5.75 Å². The molecule has 1 N–H and O–H groups in total. The lowest BCUT2D eigenvalue weighted by Crippen LogP contribution is -2.38. The van der Waals surface area contributed by atoms with Crippen LogP contribution in [0.4, 0.5) is 5.69 Å². The first-order valence-electron chi connectivity index (χ1n) is 9.32. The molecule has 2 amide bonds. The minimum Gasteiger partial charge on any atom is -0.495 e. The maximum Gasteiger partial charge on any atom is 0.276 e. The van der Waals surface area contributed by atoms with E-state index < -0.39 is 0 Å². The SMILES string of the molecule is CCCN(CC(=O)Nc1ccccc1OC)C(=O)c1cnn(-c2ccccc2)n1. The molecule has 1 heterocycles. The predicted molar refractivity (Wildman–Crippen MR) is 109 cm³/mol. The minimum absolute atomic E-state index is 0.0943. The zero-order valence-corrected chi connectivity index (χ0v) is 16.4. The molecule has 0 saturated heterocycles. The Hall–Kier alpha value is -3.68. The molecular formula is C21H23N5O3. The molecule has 3 rings (SSSR count). The van der Waals surface area contributed by atoms with Gasteiger partial charge in [0.05, 0.1) is 24.7 Å². The normalized spacial score (nSPS) is 10.4. The molecule has 0 saturated carbocycles. The molecular weight excluding hydrogens is 370 g/mol. The average Bonchev–Trinajstić information content (AvgIpc) is 3.24. The zero-order chi connectivity index (χ0) is 20.6. The van der Waals surface area contributed by atoms with Gasteiger partial charge in [0.25, 0.3) is 5.91 Å². The van der Waals surface area contributed by atoms with Crippen molar-refractivity contribution in [1.29, 1.82) is 0 Å². The van der Waals surface area contributed by atoms with Gasteiger partial charge >= 0.3 is 0 Å². The number of methoxy groups -OCH3 is 1. The summed E-state index contributed by atoms with van der Waals surface area (Å²) in [5.41, 5.74) is 1.49. The third-order valence-corrected chi connectivity index (χ3v) is 4.19. The van der Waals surface area contributed by atoms with Crippen LogP contribution in [0.15, 0.2) is 60.8 Å². The van der Waals surface area contributed by atoms with Gasteiger partial charge in [-0.1, -0.05) is 37.3 Å². The van der Waals surface area contributed by atoms with Gasteiger partial charge in [-0.2, -0.15) is 9.90 Å². The molecule has 150 valence electrons. The van der Waals surface area contributed by atoms with Gasteiger partial charge in [0, 0.05) is 6.54 Å².